The van der Waals surface area contributed by atoms with E-state index in [1.54, 1.807) is 18.3 Å². The first-order valence-corrected chi connectivity index (χ1v) is 4.26. The van der Waals surface area contributed by atoms with Crippen LogP contribution in [0.25, 0.3) is 0 Å². The maximum absolute atomic E-state index is 11.3. The van der Waals surface area contributed by atoms with Gasteiger partial charge in [-0.3, -0.25) is 4.79 Å². The van der Waals surface area contributed by atoms with Crippen molar-refractivity contribution in [3.63, 3.8) is 0 Å². The average Bonchev–Trinajstić information content (AvgIpc) is 2.23. The molecular weight excluding hydrogens is 178 g/mol. The molecule has 0 unspecified atom stereocenters. The normalized spacial score (nSPS) is 9.71. The van der Waals surface area contributed by atoms with E-state index in [2.05, 4.69) is 4.98 Å². The molecular formula is C11H9NO2. The smallest absolute Gasteiger partial charge is 0.223 e. The number of pyridine rings is 1. The van der Waals surface area contributed by atoms with Gasteiger partial charge in [0.2, 0.25) is 5.43 Å². The van der Waals surface area contributed by atoms with Gasteiger partial charge in [-0.05, 0) is 12.1 Å². The molecule has 0 radical (unpaired) electrons. The van der Waals surface area contributed by atoms with Crippen LogP contribution in [-0.4, -0.2) is 4.98 Å². The zero-order valence-electron chi connectivity index (χ0n) is 7.44. The molecule has 0 aliphatic heterocycles. The van der Waals surface area contributed by atoms with Gasteiger partial charge in [0.15, 0.2) is 5.75 Å². The number of aromatic nitrogens is 1. The number of hydrogen-bond acceptors (Lipinski definition) is 2. The van der Waals surface area contributed by atoms with Crippen LogP contribution >= 0.6 is 0 Å². The average molecular weight is 187 g/mol. The topological polar surface area (TPSA) is 42.1 Å². The van der Waals surface area contributed by atoms with Crippen LogP contribution in [0.15, 0.2) is 53.6 Å². The molecule has 3 heteroatoms. The number of H-pyrrole nitrogens is 1. The predicted molar refractivity (Wildman–Crippen MR) is 53.6 cm³/mol. The Morgan fingerprint density at radius 1 is 1.07 bits per heavy atom. The van der Waals surface area contributed by atoms with E-state index in [1.165, 1.54) is 12.3 Å². The monoisotopic (exact) mass is 187 g/mol. The molecule has 0 saturated carbocycles. The van der Waals surface area contributed by atoms with Crippen LogP contribution in [0.4, 0.5) is 0 Å². The molecule has 2 aromatic rings. The molecule has 70 valence electrons. The van der Waals surface area contributed by atoms with Crippen LogP contribution in [-0.2, 0) is 0 Å². The summed E-state index contributed by atoms with van der Waals surface area (Å²) in [6.07, 6.45) is 3.11. The fourth-order valence-corrected chi connectivity index (χ4v) is 1.10. The highest BCUT2D eigenvalue weighted by molar-refractivity contribution is 5.28. The highest BCUT2D eigenvalue weighted by Gasteiger charge is 1.99. The Labute approximate surface area is 81.0 Å². The van der Waals surface area contributed by atoms with Gasteiger partial charge >= 0.3 is 0 Å². The maximum atomic E-state index is 11.3. The van der Waals surface area contributed by atoms with Crippen molar-refractivity contribution in [1.82, 2.24) is 4.98 Å². The highest BCUT2D eigenvalue weighted by Crippen LogP contribution is 2.15. The van der Waals surface area contributed by atoms with E-state index in [4.69, 9.17) is 4.74 Å². The van der Waals surface area contributed by atoms with Crippen molar-refractivity contribution in [2.45, 2.75) is 0 Å². The molecule has 1 aromatic carbocycles. The van der Waals surface area contributed by atoms with Gasteiger partial charge in [-0.1, -0.05) is 18.2 Å². The summed E-state index contributed by atoms with van der Waals surface area (Å²) < 4.78 is 5.37. The second-order valence-electron chi connectivity index (χ2n) is 2.79. The second-order valence-corrected chi connectivity index (χ2v) is 2.79. The summed E-state index contributed by atoms with van der Waals surface area (Å²) in [5.41, 5.74) is -0.132. The molecule has 14 heavy (non-hydrogen) atoms. The third kappa shape index (κ3) is 1.82. The maximum Gasteiger partial charge on any atom is 0.223 e. The van der Waals surface area contributed by atoms with Gasteiger partial charge in [-0.25, -0.2) is 0 Å². The zero-order chi connectivity index (χ0) is 9.80. The standard InChI is InChI=1S/C11H9NO2/c13-10-6-7-12-8-11(10)14-9-4-2-1-3-5-9/h1-8H,(H,12,13). The molecule has 0 amide bonds. The van der Waals surface area contributed by atoms with E-state index in [1.807, 2.05) is 18.2 Å². The van der Waals surface area contributed by atoms with Gasteiger partial charge in [0.1, 0.15) is 5.75 Å². The Hall–Kier alpha value is -2.03. The molecule has 0 atom stereocenters. The van der Waals surface area contributed by atoms with E-state index < -0.39 is 0 Å². The number of para-hydroxylation sites is 1. The van der Waals surface area contributed by atoms with Crippen LogP contribution < -0.4 is 10.2 Å². The lowest BCUT2D eigenvalue weighted by Crippen LogP contribution is -2.02. The van der Waals surface area contributed by atoms with E-state index in [9.17, 15) is 4.79 Å². The van der Waals surface area contributed by atoms with Crippen LogP contribution in [0, 0.1) is 0 Å². The highest BCUT2D eigenvalue weighted by atomic mass is 16.5. The zero-order valence-corrected chi connectivity index (χ0v) is 7.44. The van der Waals surface area contributed by atoms with Crippen molar-refractivity contribution in [2.75, 3.05) is 0 Å². The molecule has 0 saturated heterocycles. The minimum Gasteiger partial charge on any atom is -0.452 e. The Balaban J connectivity index is 2.28. The Kier molecular flexibility index (Phi) is 2.32. The van der Waals surface area contributed by atoms with Gasteiger partial charge in [0.05, 0.1) is 0 Å². The van der Waals surface area contributed by atoms with Crippen LogP contribution in [0.3, 0.4) is 0 Å². The van der Waals surface area contributed by atoms with E-state index in [0.717, 1.165) is 0 Å². The third-order valence-corrected chi connectivity index (χ3v) is 1.76. The van der Waals surface area contributed by atoms with Crippen LogP contribution in [0.1, 0.15) is 0 Å². The van der Waals surface area contributed by atoms with Crippen LogP contribution in [0.2, 0.25) is 0 Å². The number of rotatable bonds is 2. The molecule has 0 fully saturated rings. The molecule has 0 aliphatic rings. The van der Waals surface area contributed by atoms with Crippen molar-refractivity contribution in [2.24, 2.45) is 0 Å². The van der Waals surface area contributed by atoms with E-state index >= 15 is 0 Å². The lowest BCUT2D eigenvalue weighted by Gasteiger charge is -2.02. The summed E-state index contributed by atoms with van der Waals surface area (Å²) >= 11 is 0. The summed E-state index contributed by atoms with van der Waals surface area (Å²) in [5, 5.41) is 0. The van der Waals surface area contributed by atoms with Crippen molar-refractivity contribution in [3.05, 3.63) is 59.0 Å². The van der Waals surface area contributed by atoms with Gasteiger partial charge in [0, 0.05) is 18.5 Å². The minimum absolute atomic E-state index is 0.132. The Morgan fingerprint density at radius 2 is 1.86 bits per heavy atom. The molecule has 1 heterocycles. The summed E-state index contributed by atoms with van der Waals surface area (Å²) in [7, 11) is 0. The molecule has 0 aliphatic carbocycles. The number of hydrogen-bond donors (Lipinski definition) is 1. The molecule has 2 rings (SSSR count). The number of aromatic amines is 1. The van der Waals surface area contributed by atoms with Crippen molar-refractivity contribution in [3.8, 4) is 11.5 Å². The van der Waals surface area contributed by atoms with Crippen molar-refractivity contribution in [1.29, 1.82) is 0 Å². The van der Waals surface area contributed by atoms with Gasteiger partial charge < -0.3 is 9.72 Å². The molecule has 3 nitrogen and oxygen atoms in total. The summed E-state index contributed by atoms with van der Waals surface area (Å²) in [6, 6.07) is 10.6. The van der Waals surface area contributed by atoms with E-state index in [0.29, 0.717) is 11.5 Å². The van der Waals surface area contributed by atoms with Gasteiger partial charge in [-0.2, -0.15) is 0 Å². The van der Waals surface area contributed by atoms with Crippen molar-refractivity contribution >= 4 is 0 Å². The first-order chi connectivity index (χ1) is 6.86. The Bertz CT molecular complexity index is 462. The third-order valence-electron chi connectivity index (χ3n) is 1.76. The number of nitrogens with one attached hydrogen (secondary N) is 1. The van der Waals surface area contributed by atoms with Gasteiger partial charge in [-0.15, -0.1) is 0 Å². The second kappa shape index (κ2) is 3.79. The fraction of sp³-hybridized carbons (Fsp3) is 0. The first kappa shape index (κ1) is 8.56. The predicted octanol–water partition coefficient (Wildman–Crippen LogP) is 2.17. The first-order valence-electron chi connectivity index (χ1n) is 4.26. The Morgan fingerprint density at radius 3 is 2.57 bits per heavy atom. The molecule has 1 N–H and O–H groups in total. The minimum atomic E-state index is -0.132. The summed E-state index contributed by atoms with van der Waals surface area (Å²) in [6.45, 7) is 0. The van der Waals surface area contributed by atoms with Gasteiger partial charge in [0.25, 0.3) is 0 Å². The van der Waals surface area contributed by atoms with E-state index in [-0.39, 0.29) is 5.43 Å². The quantitative estimate of drug-likeness (QED) is 0.782. The molecule has 1 aromatic heterocycles. The summed E-state index contributed by atoms with van der Waals surface area (Å²) in [5.74, 6) is 0.961. The fourth-order valence-electron chi connectivity index (χ4n) is 1.10. The van der Waals surface area contributed by atoms with Crippen molar-refractivity contribution < 1.29 is 4.74 Å². The number of benzene rings is 1. The van der Waals surface area contributed by atoms with Crippen LogP contribution in [0.5, 0.6) is 11.5 Å². The SMILES string of the molecule is O=c1cc[nH]cc1Oc1ccccc1. The number of ether oxygens (including phenoxy) is 1. The molecule has 0 bridgehead atoms. The largest absolute Gasteiger partial charge is 0.452 e. The molecule has 0 spiro atoms. The lowest BCUT2D eigenvalue weighted by molar-refractivity contribution is 0.475. The lowest BCUT2D eigenvalue weighted by atomic mass is 10.3. The summed E-state index contributed by atoms with van der Waals surface area (Å²) in [4.78, 5) is 14.1.